The smallest absolute Gasteiger partial charge is 0.235 e. The second-order valence-corrected chi connectivity index (χ2v) is 8.28. The van der Waals surface area contributed by atoms with Crippen LogP contribution in [0, 0.1) is 12.3 Å². The molecule has 1 fully saturated rings. The van der Waals surface area contributed by atoms with Crippen LogP contribution in [0.25, 0.3) is 10.9 Å². The number of nitrogens with two attached hydrogens (primary N) is 1. The van der Waals surface area contributed by atoms with Crippen molar-refractivity contribution in [2.75, 3.05) is 26.0 Å². The molecule has 27 heavy (non-hydrogen) atoms. The predicted octanol–water partition coefficient (Wildman–Crippen LogP) is 1.63. The first-order valence-corrected chi connectivity index (χ1v) is 10.2. The number of rotatable bonds is 5. The average molecular weight is 386 g/mol. The van der Waals surface area contributed by atoms with Crippen molar-refractivity contribution in [3.05, 3.63) is 36.4 Å². The van der Waals surface area contributed by atoms with Crippen LogP contribution in [-0.2, 0) is 11.2 Å². The van der Waals surface area contributed by atoms with Crippen molar-refractivity contribution in [3.63, 3.8) is 0 Å². The summed E-state index contributed by atoms with van der Waals surface area (Å²) in [5.41, 5.74) is 7.83. The van der Waals surface area contributed by atoms with E-state index in [0.29, 0.717) is 12.3 Å². The largest absolute Gasteiger partial charge is 0.497 e. The molecule has 7 heteroatoms. The van der Waals surface area contributed by atoms with E-state index < -0.39 is 0 Å². The summed E-state index contributed by atoms with van der Waals surface area (Å²) in [6, 6.07) is 5.56. The van der Waals surface area contributed by atoms with Crippen LogP contribution in [0.15, 0.2) is 29.3 Å². The fourth-order valence-corrected chi connectivity index (χ4v) is 5.28. The highest BCUT2D eigenvalue weighted by atomic mass is 32.2. The molecule has 2 aliphatic rings. The molecule has 1 aromatic heterocycles. The second kappa shape index (κ2) is 7.66. The van der Waals surface area contributed by atoms with E-state index in [4.69, 9.17) is 10.5 Å². The van der Waals surface area contributed by atoms with E-state index in [9.17, 15) is 9.90 Å². The van der Waals surface area contributed by atoms with Gasteiger partial charge in [0, 0.05) is 34.8 Å². The lowest BCUT2D eigenvalue weighted by molar-refractivity contribution is -0.122. The summed E-state index contributed by atoms with van der Waals surface area (Å²) in [4.78, 5) is 19.7. The molecule has 0 saturated carbocycles. The number of hydrogen-bond donors (Lipinski definition) is 2. The number of ether oxygens (including phenoxy) is 1. The Kier molecular flexibility index (Phi) is 5.25. The van der Waals surface area contributed by atoms with Gasteiger partial charge in [-0.1, -0.05) is 0 Å². The van der Waals surface area contributed by atoms with Gasteiger partial charge in [-0.15, -0.1) is 11.8 Å². The lowest BCUT2D eigenvalue weighted by Crippen LogP contribution is -2.48. The van der Waals surface area contributed by atoms with Gasteiger partial charge in [0.1, 0.15) is 5.75 Å². The summed E-state index contributed by atoms with van der Waals surface area (Å²) >= 11 is 1.81. The van der Waals surface area contributed by atoms with E-state index in [1.807, 2.05) is 36.5 Å². The number of aliphatic hydroxyl groups excluding tert-OH is 1. The summed E-state index contributed by atoms with van der Waals surface area (Å²) in [6.45, 7) is 0.788. The normalized spacial score (nSPS) is 25.5. The van der Waals surface area contributed by atoms with Crippen LogP contribution in [0.5, 0.6) is 5.75 Å². The Morgan fingerprint density at radius 2 is 2.33 bits per heavy atom. The number of hydrogen-bond acceptors (Lipinski definition) is 6. The first-order chi connectivity index (χ1) is 13.1. The highest BCUT2D eigenvalue weighted by Gasteiger charge is 2.38. The monoisotopic (exact) mass is 386 g/mol. The quantitative estimate of drug-likeness (QED) is 0.812. The SMILES string of the molecule is COc1ccc2ncc3c(c2c1)CC(CN1C(CO)C[CH]C1C(N)=O)CS3. The molecular formula is C20H24N3O3S. The maximum atomic E-state index is 11.8. The molecule has 1 saturated heterocycles. The van der Waals surface area contributed by atoms with Crippen molar-refractivity contribution in [1.82, 2.24) is 9.88 Å². The number of amides is 1. The Balaban J connectivity index is 1.60. The van der Waals surface area contributed by atoms with Gasteiger partial charge in [-0.2, -0.15) is 0 Å². The summed E-state index contributed by atoms with van der Waals surface area (Å²) in [7, 11) is 1.67. The molecule has 4 rings (SSSR count). The highest BCUT2D eigenvalue weighted by Crippen LogP contribution is 2.38. The number of primary amides is 1. The van der Waals surface area contributed by atoms with E-state index in [-0.39, 0.29) is 24.6 Å². The van der Waals surface area contributed by atoms with Crippen LogP contribution in [0.4, 0.5) is 0 Å². The summed E-state index contributed by atoms with van der Waals surface area (Å²) in [6.07, 6.45) is 5.49. The molecule has 0 bridgehead atoms. The predicted molar refractivity (Wildman–Crippen MR) is 106 cm³/mol. The van der Waals surface area contributed by atoms with E-state index in [1.54, 1.807) is 7.11 Å². The van der Waals surface area contributed by atoms with Crippen LogP contribution in [0.1, 0.15) is 12.0 Å². The van der Waals surface area contributed by atoms with E-state index in [1.165, 1.54) is 10.5 Å². The maximum absolute atomic E-state index is 11.8. The topological polar surface area (TPSA) is 88.7 Å². The van der Waals surface area contributed by atoms with Gasteiger partial charge in [0.15, 0.2) is 0 Å². The molecule has 3 atom stereocenters. The molecular weight excluding hydrogens is 362 g/mol. The van der Waals surface area contributed by atoms with Gasteiger partial charge < -0.3 is 15.6 Å². The van der Waals surface area contributed by atoms with E-state index >= 15 is 0 Å². The third kappa shape index (κ3) is 3.51. The molecule has 0 spiro atoms. The number of carbonyl (C=O) groups is 1. The number of methoxy groups -OCH3 is 1. The fraction of sp³-hybridized carbons (Fsp3) is 0.450. The fourth-order valence-electron chi connectivity index (χ4n) is 4.15. The van der Waals surface area contributed by atoms with Crippen molar-refractivity contribution in [3.8, 4) is 5.75 Å². The average Bonchev–Trinajstić information content (AvgIpc) is 3.10. The minimum Gasteiger partial charge on any atom is -0.497 e. The molecule has 2 aliphatic heterocycles. The summed E-state index contributed by atoms with van der Waals surface area (Å²) in [5.74, 6) is 1.83. The molecule has 143 valence electrons. The lowest BCUT2D eigenvalue weighted by Gasteiger charge is -2.33. The Morgan fingerprint density at radius 1 is 1.48 bits per heavy atom. The number of likely N-dealkylation sites (tertiary alicyclic amines) is 1. The minimum absolute atomic E-state index is 0.0248. The Bertz CT molecular complexity index is 854. The molecule has 3 N–H and O–H groups in total. The number of aliphatic hydroxyl groups is 1. The Hall–Kier alpha value is -1.83. The molecule has 1 amide bonds. The number of pyridine rings is 1. The minimum atomic E-state index is -0.386. The number of carbonyl (C=O) groups excluding carboxylic acids is 1. The van der Waals surface area contributed by atoms with Crippen molar-refractivity contribution < 1.29 is 14.6 Å². The molecule has 0 aliphatic carbocycles. The maximum Gasteiger partial charge on any atom is 0.235 e. The van der Waals surface area contributed by atoms with Crippen LogP contribution in [0.2, 0.25) is 0 Å². The van der Waals surface area contributed by atoms with Crippen molar-refractivity contribution in [2.45, 2.75) is 29.8 Å². The summed E-state index contributed by atoms with van der Waals surface area (Å²) < 4.78 is 5.39. The van der Waals surface area contributed by atoms with Crippen LogP contribution in [0.3, 0.4) is 0 Å². The van der Waals surface area contributed by atoms with Crippen LogP contribution >= 0.6 is 11.8 Å². The Labute approximate surface area is 163 Å². The molecule has 1 aromatic carbocycles. The zero-order valence-corrected chi connectivity index (χ0v) is 16.1. The van der Waals surface area contributed by atoms with Crippen molar-refractivity contribution >= 4 is 28.6 Å². The number of nitrogens with zero attached hydrogens (tertiary/aromatic N) is 2. The molecule has 1 radical (unpaired) electrons. The van der Waals surface area contributed by atoms with Gasteiger partial charge >= 0.3 is 0 Å². The van der Waals surface area contributed by atoms with Crippen LogP contribution in [-0.4, -0.2) is 59.0 Å². The van der Waals surface area contributed by atoms with Gasteiger partial charge in [-0.3, -0.25) is 14.7 Å². The van der Waals surface area contributed by atoms with Crippen molar-refractivity contribution in [1.29, 1.82) is 0 Å². The molecule has 3 unspecified atom stereocenters. The number of benzene rings is 1. The molecule has 3 heterocycles. The van der Waals surface area contributed by atoms with Gasteiger partial charge in [-0.05, 0) is 48.9 Å². The van der Waals surface area contributed by atoms with E-state index in [0.717, 1.165) is 35.4 Å². The number of aromatic nitrogens is 1. The Morgan fingerprint density at radius 3 is 3.07 bits per heavy atom. The first-order valence-electron chi connectivity index (χ1n) is 9.18. The van der Waals surface area contributed by atoms with Crippen molar-refractivity contribution in [2.24, 2.45) is 11.7 Å². The van der Waals surface area contributed by atoms with Gasteiger partial charge in [0.25, 0.3) is 0 Å². The zero-order chi connectivity index (χ0) is 19.0. The van der Waals surface area contributed by atoms with Crippen LogP contribution < -0.4 is 10.5 Å². The molecule has 6 nitrogen and oxygen atoms in total. The highest BCUT2D eigenvalue weighted by molar-refractivity contribution is 7.99. The standard InChI is InChI=1S/C20H24N3O3S/c1-26-14-3-4-17-15(7-14)16-6-12(11-27-19(16)8-22-17)9-23-13(10-24)2-5-18(23)20(21)25/h3-5,7-8,12-13,18,24H,2,6,9-11H2,1H3,(H2,21,25). The third-order valence-electron chi connectivity index (χ3n) is 5.54. The first kappa shape index (κ1) is 18.5. The lowest BCUT2D eigenvalue weighted by atomic mass is 9.96. The van der Waals surface area contributed by atoms with E-state index in [2.05, 4.69) is 16.0 Å². The second-order valence-electron chi connectivity index (χ2n) is 7.22. The zero-order valence-electron chi connectivity index (χ0n) is 15.3. The number of thioether (sulfide) groups is 1. The van der Waals surface area contributed by atoms with Gasteiger partial charge in [0.2, 0.25) is 5.91 Å². The third-order valence-corrected chi connectivity index (χ3v) is 6.84. The summed E-state index contributed by atoms with van der Waals surface area (Å²) in [5, 5.41) is 10.8. The van der Waals surface area contributed by atoms with Gasteiger partial charge in [-0.25, -0.2) is 0 Å². The van der Waals surface area contributed by atoms with Gasteiger partial charge in [0.05, 0.1) is 25.3 Å². The number of fused-ring (bicyclic) bond motifs is 3. The molecule has 2 aromatic rings.